The molecule has 2 atom stereocenters. The van der Waals surface area contributed by atoms with Crippen molar-refractivity contribution in [1.82, 2.24) is 5.32 Å². The molecule has 0 amide bonds. The van der Waals surface area contributed by atoms with Gasteiger partial charge in [-0.3, -0.25) is 0 Å². The summed E-state index contributed by atoms with van der Waals surface area (Å²) in [6.45, 7) is 1.96. The molecule has 0 radical (unpaired) electrons. The summed E-state index contributed by atoms with van der Waals surface area (Å²) in [5.41, 5.74) is 2.19. The summed E-state index contributed by atoms with van der Waals surface area (Å²) >= 11 is 0. The highest BCUT2D eigenvalue weighted by atomic mass is 32.2. The quantitative estimate of drug-likeness (QED) is 0.883. The molecule has 2 N–H and O–H groups in total. The molecular weight excluding hydrogens is 336 g/mol. The van der Waals surface area contributed by atoms with E-state index >= 15 is 0 Å². The van der Waals surface area contributed by atoms with Crippen LogP contribution in [-0.4, -0.2) is 34.7 Å². The van der Waals surface area contributed by atoms with Crippen LogP contribution in [0.4, 0.5) is 5.69 Å². The number of fused-ring (bicyclic) bond motifs is 3. The molecule has 2 aromatic rings. The van der Waals surface area contributed by atoms with Crippen molar-refractivity contribution in [1.29, 1.82) is 0 Å². The zero-order valence-electron chi connectivity index (χ0n) is 14.2. The summed E-state index contributed by atoms with van der Waals surface area (Å²) in [5, 5.41) is 6.98. The maximum Gasteiger partial charge on any atom is 0.206 e. The van der Waals surface area contributed by atoms with Crippen LogP contribution in [0.5, 0.6) is 5.75 Å². The first-order chi connectivity index (χ1) is 12.1. The Balaban J connectivity index is 1.73. The SMILES string of the molecule is COc1cccc(S(=O)(=O)c2ccc3c(c2)[C@H]2CCNCC[C@H]2N3)c1. The predicted molar refractivity (Wildman–Crippen MR) is 97.1 cm³/mol. The largest absolute Gasteiger partial charge is 0.497 e. The van der Waals surface area contributed by atoms with E-state index in [1.165, 1.54) is 7.11 Å². The molecular formula is C19H22N2O3S. The van der Waals surface area contributed by atoms with Crippen LogP contribution in [-0.2, 0) is 9.84 Å². The number of anilines is 1. The van der Waals surface area contributed by atoms with Crippen molar-refractivity contribution >= 4 is 15.5 Å². The van der Waals surface area contributed by atoms with E-state index in [9.17, 15) is 8.42 Å². The lowest BCUT2D eigenvalue weighted by Gasteiger charge is -2.16. The second-order valence-corrected chi connectivity index (χ2v) is 8.57. The van der Waals surface area contributed by atoms with Crippen LogP contribution in [0, 0.1) is 0 Å². The minimum absolute atomic E-state index is 0.261. The van der Waals surface area contributed by atoms with Crippen LogP contribution in [0.25, 0.3) is 0 Å². The smallest absolute Gasteiger partial charge is 0.206 e. The summed E-state index contributed by atoms with van der Waals surface area (Å²) in [5.74, 6) is 0.907. The Morgan fingerprint density at radius 2 is 1.84 bits per heavy atom. The lowest BCUT2D eigenvalue weighted by Crippen LogP contribution is -2.21. The van der Waals surface area contributed by atoms with Crippen LogP contribution in [0.15, 0.2) is 52.3 Å². The molecule has 0 bridgehead atoms. The van der Waals surface area contributed by atoms with E-state index in [0.717, 1.165) is 37.2 Å². The summed E-state index contributed by atoms with van der Waals surface area (Å²) in [4.78, 5) is 0.607. The number of benzene rings is 2. The molecule has 0 aliphatic carbocycles. The molecule has 0 spiro atoms. The first kappa shape index (κ1) is 16.4. The fourth-order valence-corrected chi connectivity index (χ4v) is 5.17. The zero-order chi connectivity index (χ0) is 17.4. The molecule has 1 fully saturated rings. The Morgan fingerprint density at radius 3 is 2.68 bits per heavy atom. The molecule has 6 heteroatoms. The van der Waals surface area contributed by atoms with E-state index in [-0.39, 0.29) is 4.90 Å². The van der Waals surface area contributed by atoms with Crippen molar-refractivity contribution in [2.24, 2.45) is 0 Å². The summed E-state index contributed by atoms with van der Waals surface area (Å²) in [6, 6.07) is 12.5. The van der Waals surface area contributed by atoms with Crippen LogP contribution in [0.3, 0.4) is 0 Å². The topological polar surface area (TPSA) is 67.4 Å². The lowest BCUT2D eigenvalue weighted by molar-refractivity contribution is 0.413. The van der Waals surface area contributed by atoms with Crippen molar-refractivity contribution in [2.45, 2.75) is 34.6 Å². The number of hydrogen-bond donors (Lipinski definition) is 2. The molecule has 1 saturated heterocycles. The minimum Gasteiger partial charge on any atom is -0.497 e. The van der Waals surface area contributed by atoms with Gasteiger partial charge in [0.25, 0.3) is 0 Å². The van der Waals surface area contributed by atoms with E-state index in [1.54, 1.807) is 30.3 Å². The number of sulfone groups is 1. The van der Waals surface area contributed by atoms with Gasteiger partial charge >= 0.3 is 0 Å². The molecule has 132 valence electrons. The molecule has 0 unspecified atom stereocenters. The molecule has 0 aromatic heterocycles. The highest BCUT2D eigenvalue weighted by molar-refractivity contribution is 7.91. The molecule has 5 nitrogen and oxygen atoms in total. The van der Waals surface area contributed by atoms with E-state index in [0.29, 0.717) is 22.6 Å². The van der Waals surface area contributed by atoms with E-state index in [2.05, 4.69) is 10.6 Å². The van der Waals surface area contributed by atoms with Gasteiger partial charge in [-0.1, -0.05) is 6.07 Å². The van der Waals surface area contributed by atoms with Gasteiger partial charge in [0, 0.05) is 17.6 Å². The van der Waals surface area contributed by atoms with Crippen molar-refractivity contribution in [3.63, 3.8) is 0 Å². The Kier molecular flexibility index (Phi) is 4.17. The second kappa shape index (κ2) is 6.35. The van der Waals surface area contributed by atoms with Gasteiger partial charge in [0.15, 0.2) is 0 Å². The number of methoxy groups -OCH3 is 1. The van der Waals surface area contributed by atoms with Crippen molar-refractivity contribution < 1.29 is 13.2 Å². The predicted octanol–water partition coefficient (Wildman–Crippen LogP) is 2.79. The molecule has 4 rings (SSSR count). The number of rotatable bonds is 3. The number of hydrogen-bond acceptors (Lipinski definition) is 5. The standard InChI is InChI=1S/C19H22N2O3S/c1-24-13-3-2-4-14(11-13)25(22,23)15-5-6-18-17(12-15)16-7-9-20-10-8-19(16)21-18/h2-6,11-12,16,19-21H,7-10H2,1H3/t16-,19-/m1/s1. The van der Waals surface area contributed by atoms with Crippen molar-refractivity contribution in [3.8, 4) is 5.75 Å². The summed E-state index contributed by atoms with van der Waals surface area (Å²) in [7, 11) is -2.03. The van der Waals surface area contributed by atoms with Gasteiger partial charge in [-0.05, 0) is 67.9 Å². The van der Waals surface area contributed by atoms with Gasteiger partial charge in [0.05, 0.1) is 16.9 Å². The number of ether oxygens (including phenoxy) is 1. The molecule has 2 aliphatic heterocycles. The number of nitrogens with one attached hydrogen (secondary N) is 2. The van der Waals surface area contributed by atoms with E-state index < -0.39 is 9.84 Å². The van der Waals surface area contributed by atoms with Gasteiger partial charge < -0.3 is 15.4 Å². The van der Waals surface area contributed by atoms with Crippen LogP contribution in [0.1, 0.15) is 24.3 Å². The van der Waals surface area contributed by atoms with Gasteiger partial charge in [-0.2, -0.15) is 0 Å². The lowest BCUT2D eigenvalue weighted by atomic mass is 9.91. The normalized spacial score (nSPS) is 22.4. The van der Waals surface area contributed by atoms with Crippen LogP contribution in [0.2, 0.25) is 0 Å². The van der Waals surface area contributed by atoms with Gasteiger partial charge in [0.2, 0.25) is 9.84 Å². The Bertz CT molecular complexity index is 895. The molecule has 25 heavy (non-hydrogen) atoms. The fourth-order valence-electron chi connectivity index (χ4n) is 3.84. The van der Waals surface area contributed by atoms with E-state index in [4.69, 9.17) is 4.74 Å². The Hall–Kier alpha value is -2.05. The maximum absolute atomic E-state index is 13.0. The zero-order valence-corrected chi connectivity index (χ0v) is 15.0. The summed E-state index contributed by atoms with van der Waals surface area (Å²) < 4.78 is 31.2. The average Bonchev–Trinajstić information content (AvgIpc) is 2.81. The highest BCUT2D eigenvalue weighted by Gasteiger charge is 2.34. The van der Waals surface area contributed by atoms with Crippen LogP contribution >= 0.6 is 0 Å². The van der Waals surface area contributed by atoms with Crippen molar-refractivity contribution in [3.05, 3.63) is 48.0 Å². The van der Waals surface area contributed by atoms with Crippen molar-refractivity contribution in [2.75, 3.05) is 25.5 Å². The third kappa shape index (κ3) is 2.89. The fraction of sp³-hybridized carbons (Fsp3) is 0.368. The summed E-state index contributed by atoms with van der Waals surface area (Å²) in [6.07, 6.45) is 2.07. The van der Waals surface area contributed by atoms with Gasteiger partial charge in [-0.15, -0.1) is 0 Å². The van der Waals surface area contributed by atoms with E-state index in [1.807, 2.05) is 12.1 Å². The maximum atomic E-state index is 13.0. The molecule has 2 aliphatic rings. The Morgan fingerprint density at radius 1 is 1.04 bits per heavy atom. The third-order valence-corrected chi connectivity index (χ3v) is 6.92. The molecule has 0 saturated carbocycles. The first-order valence-electron chi connectivity index (χ1n) is 8.60. The first-order valence-corrected chi connectivity index (χ1v) is 10.1. The van der Waals surface area contributed by atoms with Gasteiger partial charge in [0.1, 0.15) is 5.75 Å². The third-order valence-electron chi connectivity index (χ3n) is 5.18. The van der Waals surface area contributed by atoms with Gasteiger partial charge in [-0.25, -0.2) is 8.42 Å². The highest BCUT2D eigenvalue weighted by Crippen LogP contribution is 2.41. The average molecular weight is 358 g/mol. The van der Waals surface area contributed by atoms with Crippen LogP contribution < -0.4 is 15.4 Å². The minimum atomic E-state index is -3.56. The molecule has 2 aromatic carbocycles. The molecule has 2 heterocycles. The Labute approximate surface area is 148 Å². The second-order valence-electron chi connectivity index (χ2n) is 6.62. The monoisotopic (exact) mass is 358 g/mol.